The molecule has 2 aromatic carbocycles. The summed E-state index contributed by atoms with van der Waals surface area (Å²) in [5, 5.41) is 3.93. The summed E-state index contributed by atoms with van der Waals surface area (Å²) in [5.41, 5.74) is 8.78. The summed E-state index contributed by atoms with van der Waals surface area (Å²) in [6, 6.07) is 15.9. The van der Waals surface area contributed by atoms with E-state index in [1.807, 2.05) is 48.5 Å². The molecule has 0 spiro atoms. The Morgan fingerprint density at radius 3 is 2.35 bits per heavy atom. The van der Waals surface area contributed by atoms with Crippen molar-refractivity contribution in [2.24, 2.45) is 0 Å². The lowest BCUT2D eigenvalue weighted by atomic mass is 10.0. The fourth-order valence-corrected chi connectivity index (χ4v) is 3.17. The number of nitrogens with two attached hydrogens (primary N) is 1. The molecule has 0 bridgehead atoms. The number of rotatable bonds is 2. The first kappa shape index (κ1) is 13.6. The quantitative estimate of drug-likeness (QED) is 0.573. The molecule has 20 heavy (non-hydrogen) atoms. The Balaban J connectivity index is 2.26. The van der Waals surface area contributed by atoms with Crippen LogP contribution in [0.2, 0.25) is 0 Å². The van der Waals surface area contributed by atoms with Crippen molar-refractivity contribution >= 4 is 44.3 Å². The third kappa shape index (κ3) is 2.35. The zero-order valence-electron chi connectivity index (χ0n) is 10.3. The Bertz CT molecular complexity index is 770. The minimum atomic E-state index is 0.395. The molecule has 0 amide bonds. The van der Waals surface area contributed by atoms with Crippen LogP contribution in [0.1, 0.15) is 0 Å². The summed E-state index contributed by atoms with van der Waals surface area (Å²) in [7, 11) is 0. The number of nitrogen functional groups attached to an aromatic ring is 1. The first-order chi connectivity index (χ1) is 9.68. The van der Waals surface area contributed by atoms with E-state index in [1.165, 1.54) is 0 Å². The Labute approximate surface area is 138 Å². The minimum Gasteiger partial charge on any atom is -0.380 e. The molecule has 0 saturated carbocycles. The van der Waals surface area contributed by atoms with Gasteiger partial charge < -0.3 is 10.3 Å². The van der Waals surface area contributed by atoms with Crippen LogP contribution in [0.25, 0.3) is 22.5 Å². The van der Waals surface area contributed by atoms with Gasteiger partial charge in [0.15, 0.2) is 11.6 Å². The molecule has 2 N–H and O–H groups in total. The van der Waals surface area contributed by atoms with Crippen LogP contribution < -0.4 is 5.73 Å². The van der Waals surface area contributed by atoms with Crippen molar-refractivity contribution in [3.63, 3.8) is 0 Å². The Morgan fingerprint density at radius 2 is 1.65 bits per heavy atom. The van der Waals surface area contributed by atoms with Crippen molar-refractivity contribution in [3.05, 3.63) is 56.6 Å². The average molecular weight is 441 g/mol. The number of aromatic nitrogens is 1. The fourth-order valence-electron chi connectivity index (χ4n) is 2.06. The topological polar surface area (TPSA) is 52.0 Å². The lowest BCUT2D eigenvalue weighted by molar-refractivity contribution is 0.436. The van der Waals surface area contributed by atoms with Crippen LogP contribution in [0, 0.1) is 3.57 Å². The number of benzene rings is 2. The number of hydrogen-bond acceptors (Lipinski definition) is 3. The van der Waals surface area contributed by atoms with E-state index in [2.05, 4.69) is 43.7 Å². The van der Waals surface area contributed by atoms with Gasteiger partial charge in [0.25, 0.3) is 0 Å². The van der Waals surface area contributed by atoms with Gasteiger partial charge in [0.05, 0.1) is 5.56 Å². The predicted molar refractivity (Wildman–Crippen MR) is 92.2 cm³/mol. The van der Waals surface area contributed by atoms with Gasteiger partial charge in [0, 0.05) is 19.2 Å². The molecule has 3 nitrogen and oxygen atoms in total. The minimum absolute atomic E-state index is 0.395. The van der Waals surface area contributed by atoms with Crippen molar-refractivity contribution in [3.8, 4) is 22.5 Å². The zero-order valence-corrected chi connectivity index (χ0v) is 14.1. The van der Waals surface area contributed by atoms with Crippen molar-refractivity contribution in [2.45, 2.75) is 0 Å². The van der Waals surface area contributed by atoms with Gasteiger partial charge in [0.2, 0.25) is 0 Å². The zero-order chi connectivity index (χ0) is 14.1. The molecule has 1 heterocycles. The molecule has 3 aromatic rings. The predicted octanol–water partition coefficient (Wildman–Crippen LogP) is 4.96. The highest BCUT2D eigenvalue weighted by Crippen LogP contribution is 2.40. The maximum Gasteiger partial charge on any atom is 0.178 e. The Hall–Kier alpha value is -1.34. The van der Waals surface area contributed by atoms with E-state index in [0.717, 1.165) is 24.7 Å². The third-order valence-corrected chi connectivity index (χ3v) is 4.61. The Morgan fingerprint density at radius 1 is 1.00 bits per heavy atom. The lowest BCUT2D eigenvalue weighted by Gasteiger charge is -2.06. The van der Waals surface area contributed by atoms with Gasteiger partial charge in [-0.3, -0.25) is 0 Å². The SMILES string of the molecule is Nc1noc(-c2ccccc2I)c1-c1ccccc1Br. The monoisotopic (exact) mass is 440 g/mol. The second kappa shape index (κ2) is 5.57. The molecule has 3 rings (SSSR count). The van der Waals surface area contributed by atoms with E-state index in [9.17, 15) is 0 Å². The van der Waals surface area contributed by atoms with Crippen LogP contribution in [0.4, 0.5) is 5.82 Å². The summed E-state index contributed by atoms with van der Waals surface area (Å²) in [5.74, 6) is 1.09. The number of nitrogens with zero attached hydrogens (tertiary/aromatic N) is 1. The highest BCUT2D eigenvalue weighted by Gasteiger charge is 2.20. The van der Waals surface area contributed by atoms with E-state index >= 15 is 0 Å². The molecule has 0 unspecified atom stereocenters. The second-order valence-electron chi connectivity index (χ2n) is 4.23. The van der Waals surface area contributed by atoms with Crippen molar-refractivity contribution in [2.75, 3.05) is 5.73 Å². The van der Waals surface area contributed by atoms with Crippen LogP contribution in [0.5, 0.6) is 0 Å². The van der Waals surface area contributed by atoms with Crippen LogP contribution in [0.15, 0.2) is 57.5 Å². The molecule has 100 valence electrons. The number of halogens is 2. The van der Waals surface area contributed by atoms with Gasteiger partial charge in [-0.1, -0.05) is 57.5 Å². The molecule has 5 heteroatoms. The highest BCUT2D eigenvalue weighted by atomic mass is 127. The van der Waals surface area contributed by atoms with E-state index in [4.69, 9.17) is 10.3 Å². The third-order valence-electron chi connectivity index (χ3n) is 2.98. The summed E-state index contributed by atoms with van der Waals surface area (Å²) in [4.78, 5) is 0. The van der Waals surface area contributed by atoms with Gasteiger partial charge in [-0.2, -0.15) is 0 Å². The molecule has 0 aliphatic carbocycles. The van der Waals surface area contributed by atoms with Gasteiger partial charge in [-0.15, -0.1) is 0 Å². The van der Waals surface area contributed by atoms with E-state index < -0.39 is 0 Å². The van der Waals surface area contributed by atoms with Gasteiger partial charge in [0.1, 0.15) is 0 Å². The van der Waals surface area contributed by atoms with Crippen molar-refractivity contribution in [1.29, 1.82) is 0 Å². The molecule has 1 aromatic heterocycles. The van der Waals surface area contributed by atoms with E-state index in [0.29, 0.717) is 11.6 Å². The maximum atomic E-state index is 6.00. The fraction of sp³-hybridized carbons (Fsp3) is 0. The smallest absolute Gasteiger partial charge is 0.178 e. The second-order valence-corrected chi connectivity index (χ2v) is 6.25. The summed E-state index contributed by atoms with van der Waals surface area (Å²) >= 11 is 5.83. The molecular weight excluding hydrogens is 431 g/mol. The molecule has 0 aliphatic rings. The van der Waals surface area contributed by atoms with Crippen LogP contribution in [-0.4, -0.2) is 5.16 Å². The van der Waals surface area contributed by atoms with E-state index in [1.54, 1.807) is 0 Å². The molecule has 0 fully saturated rings. The van der Waals surface area contributed by atoms with Crippen LogP contribution >= 0.6 is 38.5 Å². The number of hydrogen-bond donors (Lipinski definition) is 1. The molecule has 0 saturated heterocycles. The first-order valence-corrected chi connectivity index (χ1v) is 7.80. The normalized spacial score (nSPS) is 10.7. The van der Waals surface area contributed by atoms with Gasteiger partial charge >= 0.3 is 0 Å². The maximum absolute atomic E-state index is 6.00. The Kier molecular flexibility index (Phi) is 3.80. The lowest BCUT2D eigenvalue weighted by Crippen LogP contribution is -1.90. The molecular formula is C15H10BrIN2O. The van der Waals surface area contributed by atoms with Crippen molar-refractivity contribution in [1.82, 2.24) is 5.16 Å². The largest absolute Gasteiger partial charge is 0.380 e. The standard InChI is InChI=1S/C15H10BrIN2O/c16-11-7-3-1-5-9(11)13-14(20-19-15(13)18)10-6-2-4-8-12(10)17/h1-8H,(H2,18,19). The molecule has 0 atom stereocenters. The van der Waals surface area contributed by atoms with Crippen molar-refractivity contribution < 1.29 is 4.52 Å². The molecule has 0 aliphatic heterocycles. The van der Waals surface area contributed by atoms with E-state index in [-0.39, 0.29) is 0 Å². The van der Waals surface area contributed by atoms with Crippen LogP contribution in [-0.2, 0) is 0 Å². The number of anilines is 1. The summed E-state index contributed by atoms with van der Waals surface area (Å²) in [6.07, 6.45) is 0. The summed E-state index contributed by atoms with van der Waals surface area (Å²) < 4.78 is 7.52. The summed E-state index contributed by atoms with van der Waals surface area (Å²) in [6.45, 7) is 0. The first-order valence-electron chi connectivity index (χ1n) is 5.93. The average Bonchev–Trinajstić information content (AvgIpc) is 2.82. The molecule has 0 radical (unpaired) electrons. The van der Waals surface area contributed by atoms with Gasteiger partial charge in [-0.25, -0.2) is 0 Å². The van der Waals surface area contributed by atoms with Crippen LogP contribution in [0.3, 0.4) is 0 Å². The van der Waals surface area contributed by atoms with Gasteiger partial charge in [-0.05, 0) is 34.7 Å². The highest BCUT2D eigenvalue weighted by molar-refractivity contribution is 14.1.